The zero-order valence-corrected chi connectivity index (χ0v) is 7.74. The molecule has 0 aliphatic heterocycles. The van der Waals surface area contributed by atoms with Crippen LogP contribution in [0.1, 0.15) is 17.2 Å². The van der Waals surface area contributed by atoms with Crippen molar-refractivity contribution in [1.82, 2.24) is 4.98 Å². The Morgan fingerprint density at radius 3 is 2.85 bits per heavy atom. The normalized spacial score (nSPS) is 12.7. The first kappa shape index (κ1) is 8.41. The number of pyridine rings is 1. The van der Waals surface area contributed by atoms with Crippen LogP contribution in [0.4, 0.5) is 0 Å². The van der Waals surface area contributed by atoms with E-state index in [0.29, 0.717) is 0 Å². The van der Waals surface area contributed by atoms with Crippen molar-refractivity contribution in [3.05, 3.63) is 52.5 Å². The molecule has 0 fully saturated rings. The van der Waals surface area contributed by atoms with Crippen LogP contribution < -0.4 is 0 Å². The molecule has 2 heterocycles. The predicted molar refractivity (Wildman–Crippen MR) is 52.6 cm³/mol. The van der Waals surface area contributed by atoms with Gasteiger partial charge < -0.3 is 5.11 Å². The van der Waals surface area contributed by atoms with Crippen LogP contribution in [0.2, 0.25) is 0 Å². The number of hydrogen-bond donors (Lipinski definition) is 1. The van der Waals surface area contributed by atoms with Crippen molar-refractivity contribution in [1.29, 1.82) is 0 Å². The lowest BCUT2D eigenvalue weighted by Gasteiger charge is -2.07. The van der Waals surface area contributed by atoms with Crippen LogP contribution in [0.3, 0.4) is 0 Å². The van der Waals surface area contributed by atoms with E-state index in [0.717, 1.165) is 11.1 Å². The minimum Gasteiger partial charge on any atom is -0.384 e. The highest BCUT2D eigenvalue weighted by atomic mass is 32.1. The summed E-state index contributed by atoms with van der Waals surface area (Å²) < 4.78 is 0. The van der Waals surface area contributed by atoms with Crippen molar-refractivity contribution in [2.75, 3.05) is 0 Å². The molecule has 0 saturated carbocycles. The number of thiophene rings is 1. The van der Waals surface area contributed by atoms with Gasteiger partial charge in [-0.2, -0.15) is 11.3 Å². The summed E-state index contributed by atoms with van der Waals surface area (Å²) in [5.74, 6) is 0. The third kappa shape index (κ3) is 1.76. The molecule has 13 heavy (non-hydrogen) atoms. The summed E-state index contributed by atoms with van der Waals surface area (Å²) in [5.41, 5.74) is 1.76. The van der Waals surface area contributed by atoms with Crippen LogP contribution in [-0.2, 0) is 0 Å². The van der Waals surface area contributed by atoms with Crippen LogP contribution in [0, 0.1) is 0 Å². The first-order valence-corrected chi connectivity index (χ1v) is 4.92. The number of aromatic nitrogens is 1. The molecule has 0 radical (unpaired) electrons. The van der Waals surface area contributed by atoms with Gasteiger partial charge in [0, 0.05) is 18.0 Å². The standard InChI is InChI=1S/C10H9NOS/c12-10(9-3-5-13-7-9)8-2-1-4-11-6-8/h1-7,10,12H. The Balaban J connectivity index is 2.29. The van der Waals surface area contributed by atoms with Gasteiger partial charge >= 0.3 is 0 Å². The van der Waals surface area contributed by atoms with Gasteiger partial charge in [0.15, 0.2) is 0 Å². The lowest BCUT2D eigenvalue weighted by molar-refractivity contribution is 0.220. The highest BCUT2D eigenvalue weighted by Gasteiger charge is 2.09. The number of aliphatic hydroxyl groups is 1. The summed E-state index contributed by atoms with van der Waals surface area (Å²) >= 11 is 1.58. The van der Waals surface area contributed by atoms with Crippen LogP contribution in [0.5, 0.6) is 0 Å². The average Bonchev–Trinajstić information content (AvgIpc) is 2.71. The second-order valence-corrected chi connectivity index (χ2v) is 3.53. The number of aliphatic hydroxyl groups excluding tert-OH is 1. The fourth-order valence-corrected chi connectivity index (χ4v) is 1.84. The van der Waals surface area contributed by atoms with E-state index < -0.39 is 6.10 Å². The number of hydrogen-bond acceptors (Lipinski definition) is 3. The first-order chi connectivity index (χ1) is 6.38. The van der Waals surface area contributed by atoms with Crippen molar-refractivity contribution in [3.8, 4) is 0 Å². The van der Waals surface area contributed by atoms with Gasteiger partial charge in [-0.25, -0.2) is 0 Å². The molecule has 1 atom stereocenters. The van der Waals surface area contributed by atoms with Gasteiger partial charge in [0.2, 0.25) is 0 Å². The topological polar surface area (TPSA) is 33.1 Å². The van der Waals surface area contributed by atoms with Crippen molar-refractivity contribution in [2.45, 2.75) is 6.10 Å². The summed E-state index contributed by atoms with van der Waals surface area (Å²) in [5, 5.41) is 13.7. The fraction of sp³-hybridized carbons (Fsp3) is 0.100. The van der Waals surface area contributed by atoms with Crippen molar-refractivity contribution in [2.24, 2.45) is 0 Å². The molecule has 2 aromatic heterocycles. The summed E-state index contributed by atoms with van der Waals surface area (Å²) in [6, 6.07) is 5.61. The third-order valence-corrected chi connectivity index (χ3v) is 2.56. The van der Waals surface area contributed by atoms with E-state index in [9.17, 15) is 5.11 Å². The first-order valence-electron chi connectivity index (χ1n) is 3.98. The molecule has 0 aliphatic rings. The molecule has 0 bridgehead atoms. The van der Waals surface area contributed by atoms with Gasteiger partial charge in [-0.15, -0.1) is 0 Å². The molecule has 2 nitrogen and oxygen atoms in total. The summed E-state index contributed by atoms with van der Waals surface area (Å²) in [7, 11) is 0. The molecule has 2 rings (SSSR count). The Morgan fingerprint density at radius 1 is 1.31 bits per heavy atom. The van der Waals surface area contributed by atoms with Crippen molar-refractivity contribution in [3.63, 3.8) is 0 Å². The lowest BCUT2D eigenvalue weighted by Crippen LogP contribution is -1.97. The Labute approximate surface area is 80.5 Å². The number of nitrogens with zero attached hydrogens (tertiary/aromatic N) is 1. The Bertz CT molecular complexity index is 358. The maximum absolute atomic E-state index is 9.85. The molecular weight excluding hydrogens is 182 g/mol. The monoisotopic (exact) mass is 191 g/mol. The van der Waals surface area contributed by atoms with Crippen LogP contribution in [0.25, 0.3) is 0 Å². The molecule has 0 amide bonds. The van der Waals surface area contributed by atoms with Gasteiger partial charge in [-0.1, -0.05) is 6.07 Å². The van der Waals surface area contributed by atoms with Gasteiger partial charge in [0.1, 0.15) is 6.10 Å². The van der Waals surface area contributed by atoms with Crippen molar-refractivity contribution < 1.29 is 5.11 Å². The molecule has 1 N–H and O–H groups in total. The molecule has 3 heteroatoms. The zero-order chi connectivity index (χ0) is 9.10. The van der Waals surface area contributed by atoms with Gasteiger partial charge in [-0.05, 0) is 28.5 Å². The Morgan fingerprint density at radius 2 is 2.23 bits per heavy atom. The smallest absolute Gasteiger partial charge is 0.106 e. The van der Waals surface area contributed by atoms with Crippen LogP contribution in [0.15, 0.2) is 41.4 Å². The zero-order valence-electron chi connectivity index (χ0n) is 6.92. The van der Waals surface area contributed by atoms with Crippen LogP contribution in [-0.4, -0.2) is 10.1 Å². The molecule has 0 aromatic carbocycles. The number of rotatable bonds is 2. The minimum absolute atomic E-state index is 0.542. The average molecular weight is 191 g/mol. The van der Waals surface area contributed by atoms with E-state index in [1.807, 2.05) is 29.0 Å². The minimum atomic E-state index is -0.542. The molecule has 1 unspecified atom stereocenters. The van der Waals surface area contributed by atoms with E-state index in [1.165, 1.54) is 0 Å². The van der Waals surface area contributed by atoms with Crippen LogP contribution >= 0.6 is 11.3 Å². The molecule has 66 valence electrons. The summed E-state index contributed by atoms with van der Waals surface area (Å²) in [4.78, 5) is 3.96. The summed E-state index contributed by atoms with van der Waals surface area (Å²) in [6.07, 6.45) is 2.84. The quantitative estimate of drug-likeness (QED) is 0.789. The van der Waals surface area contributed by atoms with Gasteiger partial charge in [0.05, 0.1) is 0 Å². The van der Waals surface area contributed by atoms with E-state index in [2.05, 4.69) is 4.98 Å². The maximum Gasteiger partial charge on any atom is 0.106 e. The molecular formula is C10H9NOS. The molecule has 0 saturated heterocycles. The van der Waals surface area contributed by atoms with E-state index in [-0.39, 0.29) is 0 Å². The maximum atomic E-state index is 9.85. The van der Waals surface area contributed by atoms with Gasteiger partial charge in [0.25, 0.3) is 0 Å². The largest absolute Gasteiger partial charge is 0.384 e. The van der Waals surface area contributed by atoms with Crippen molar-refractivity contribution >= 4 is 11.3 Å². The lowest BCUT2D eigenvalue weighted by atomic mass is 10.1. The molecule has 2 aromatic rings. The highest BCUT2D eigenvalue weighted by molar-refractivity contribution is 7.07. The summed E-state index contributed by atoms with van der Waals surface area (Å²) in [6.45, 7) is 0. The van der Waals surface area contributed by atoms with Gasteiger partial charge in [-0.3, -0.25) is 4.98 Å². The Hall–Kier alpha value is -1.19. The van der Waals surface area contributed by atoms with E-state index in [4.69, 9.17) is 0 Å². The highest BCUT2D eigenvalue weighted by Crippen LogP contribution is 2.22. The van der Waals surface area contributed by atoms with E-state index >= 15 is 0 Å². The molecule has 0 spiro atoms. The SMILES string of the molecule is OC(c1cccnc1)c1ccsc1. The third-order valence-electron chi connectivity index (χ3n) is 1.86. The van der Waals surface area contributed by atoms with E-state index in [1.54, 1.807) is 23.7 Å². The Kier molecular flexibility index (Phi) is 2.38. The second kappa shape index (κ2) is 3.68. The second-order valence-electron chi connectivity index (χ2n) is 2.75. The predicted octanol–water partition coefficient (Wildman–Crippen LogP) is 2.22. The fourth-order valence-electron chi connectivity index (χ4n) is 1.16. The molecule has 0 aliphatic carbocycles.